The van der Waals surface area contributed by atoms with Crippen molar-refractivity contribution in [2.45, 2.75) is 32.2 Å². The minimum atomic E-state index is 0.0115. The summed E-state index contributed by atoms with van der Waals surface area (Å²) in [6.07, 6.45) is 2.18. The number of rotatable bonds is 6. The number of thiazole rings is 1. The van der Waals surface area contributed by atoms with E-state index in [1.54, 1.807) is 11.3 Å². The van der Waals surface area contributed by atoms with Crippen LogP contribution in [-0.4, -0.2) is 10.9 Å². The van der Waals surface area contributed by atoms with Gasteiger partial charge in [-0.15, -0.1) is 11.3 Å². The second-order valence-corrected chi connectivity index (χ2v) is 7.80. The molecule has 3 aromatic rings. The highest BCUT2D eigenvalue weighted by atomic mass is 79.9. The van der Waals surface area contributed by atoms with E-state index >= 15 is 0 Å². The van der Waals surface area contributed by atoms with Gasteiger partial charge < -0.3 is 5.32 Å². The van der Waals surface area contributed by atoms with Gasteiger partial charge in [0.25, 0.3) is 0 Å². The van der Waals surface area contributed by atoms with Crippen molar-refractivity contribution < 1.29 is 4.79 Å². The quantitative estimate of drug-likeness (QED) is 0.610. The van der Waals surface area contributed by atoms with Gasteiger partial charge in [-0.25, -0.2) is 4.98 Å². The summed E-state index contributed by atoms with van der Waals surface area (Å²) >= 11 is 5.17. The Morgan fingerprint density at radius 3 is 2.88 bits per heavy atom. The number of aryl methyl sites for hydroxylation is 1. The zero-order valence-electron chi connectivity index (χ0n) is 13.5. The second kappa shape index (κ2) is 7.90. The number of amides is 1. The number of nitrogens with zero attached hydrogens (tertiary/aromatic N) is 1. The third-order valence-electron chi connectivity index (χ3n) is 3.86. The summed E-state index contributed by atoms with van der Waals surface area (Å²) in [6, 6.07) is 16.2. The van der Waals surface area contributed by atoms with Crippen molar-refractivity contribution in [2.24, 2.45) is 0 Å². The molecule has 1 N–H and O–H groups in total. The average molecular weight is 403 g/mol. The number of halogens is 1. The summed E-state index contributed by atoms with van der Waals surface area (Å²) in [5.74, 6) is 0.0867. The van der Waals surface area contributed by atoms with Crippen molar-refractivity contribution in [1.82, 2.24) is 10.3 Å². The minimum Gasteiger partial charge on any atom is -0.350 e. The van der Waals surface area contributed by atoms with Crippen molar-refractivity contribution in [2.75, 3.05) is 0 Å². The van der Waals surface area contributed by atoms with Gasteiger partial charge >= 0.3 is 0 Å². The van der Waals surface area contributed by atoms with E-state index in [1.807, 2.05) is 49.4 Å². The van der Waals surface area contributed by atoms with Crippen molar-refractivity contribution >= 4 is 43.4 Å². The molecule has 1 atom stereocenters. The van der Waals surface area contributed by atoms with Crippen molar-refractivity contribution in [3.05, 3.63) is 63.6 Å². The van der Waals surface area contributed by atoms with E-state index in [2.05, 4.69) is 32.3 Å². The van der Waals surface area contributed by atoms with Crippen molar-refractivity contribution in [1.29, 1.82) is 0 Å². The van der Waals surface area contributed by atoms with E-state index in [0.29, 0.717) is 6.42 Å². The Balaban J connectivity index is 1.48. The van der Waals surface area contributed by atoms with Gasteiger partial charge in [0.1, 0.15) is 0 Å². The van der Waals surface area contributed by atoms with Crippen LogP contribution in [-0.2, 0) is 11.2 Å². The monoisotopic (exact) mass is 402 g/mol. The first-order valence-electron chi connectivity index (χ1n) is 8.01. The molecule has 1 heterocycles. The molecule has 0 bridgehead atoms. The molecule has 3 rings (SSSR count). The smallest absolute Gasteiger partial charge is 0.220 e. The first kappa shape index (κ1) is 17.1. The number of nitrogens with one attached hydrogen (secondary N) is 1. The number of carbonyl (C=O) groups is 1. The Kier molecular flexibility index (Phi) is 5.63. The molecule has 24 heavy (non-hydrogen) atoms. The maximum atomic E-state index is 12.1. The van der Waals surface area contributed by atoms with Crippen LogP contribution in [0.5, 0.6) is 0 Å². The Bertz CT molecular complexity index is 813. The van der Waals surface area contributed by atoms with Crippen LogP contribution in [0.3, 0.4) is 0 Å². The fourth-order valence-electron chi connectivity index (χ4n) is 2.60. The van der Waals surface area contributed by atoms with E-state index in [-0.39, 0.29) is 11.9 Å². The number of carbonyl (C=O) groups excluding carboxylic acids is 1. The number of benzene rings is 2. The lowest BCUT2D eigenvalue weighted by molar-refractivity contribution is -0.121. The largest absolute Gasteiger partial charge is 0.350 e. The fraction of sp³-hybridized carbons (Fsp3) is 0.263. The van der Waals surface area contributed by atoms with Gasteiger partial charge in [0, 0.05) is 10.9 Å². The Morgan fingerprint density at radius 1 is 1.25 bits per heavy atom. The van der Waals surface area contributed by atoms with Crippen LogP contribution in [0.25, 0.3) is 10.2 Å². The van der Waals surface area contributed by atoms with Crippen LogP contribution < -0.4 is 5.32 Å². The predicted molar refractivity (Wildman–Crippen MR) is 103 cm³/mol. The predicted octanol–water partition coefficient (Wildman–Crippen LogP) is 5.26. The van der Waals surface area contributed by atoms with E-state index in [1.165, 1.54) is 4.70 Å². The van der Waals surface area contributed by atoms with Crippen LogP contribution in [0.4, 0.5) is 0 Å². The van der Waals surface area contributed by atoms with E-state index in [9.17, 15) is 4.79 Å². The molecule has 1 amide bonds. The summed E-state index contributed by atoms with van der Waals surface area (Å²) in [5.41, 5.74) is 2.15. The number of para-hydroxylation sites is 1. The summed E-state index contributed by atoms with van der Waals surface area (Å²) in [6.45, 7) is 2.01. The zero-order valence-corrected chi connectivity index (χ0v) is 15.9. The minimum absolute atomic E-state index is 0.0115. The summed E-state index contributed by atoms with van der Waals surface area (Å²) < 4.78 is 2.23. The van der Waals surface area contributed by atoms with Gasteiger partial charge in [-0.05, 0) is 49.6 Å². The van der Waals surface area contributed by atoms with Crippen LogP contribution in [0.2, 0.25) is 0 Å². The first-order chi connectivity index (χ1) is 11.6. The molecule has 0 saturated heterocycles. The van der Waals surface area contributed by atoms with Gasteiger partial charge in [-0.1, -0.05) is 40.2 Å². The average Bonchev–Trinajstić information content (AvgIpc) is 2.97. The molecule has 0 aliphatic heterocycles. The maximum Gasteiger partial charge on any atom is 0.220 e. The van der Waals surface area contributed by atoms with E-state index in [0.717, 1.165) is 33.4 Å². The second-order valence-electron chi connectivity index (χ2n) is 5.77. The number of aromatic nitrogens is 1. The third kappa shape index (κ3) is 4.42. The highest BCUT2D eigenvalue weighted by Crippen LogP contribution is 2.23. The number of hydrogen-bond acceptors (Lipinski definition) is 3. The number of hydrogen-bond donors (Lipinski definition) is 1. The van der Waals surface area contributed by atoms with Gasteiger partial charge in [0.15, 0.2) is 0 Å². The van der Waals surface area contributed by atoms with E-state index < -0.39 is 0 Å². The number of fused-ring (bicyclic) bond motifs is 1. The molecule has 1 aromatic heterocycles. The molecule has 0 radical (unpaired) electrons. The molecule has 5 heteroatoms. The summed E-state index contributed by atoms with van der Waals surface area (Å²) in [5, 5.41) is 4.16. The Hall–Kier alpha value is -1.72. The lowest BCUT2D eigenvalue weighted by atomic mass is 10.1. The first-order valence-corrected chi connectivity index (χ1v) is 9.62. The van der Waals surface area contributed by atoms with Crippen LogP contribution in [0.1, 0.15) is 36.4 Å². The molecule has 0 spiro atoms. The van der Waals surface area contributed by atoms with Gasteiger partial charge in [-0.2, -0.15) is 0 Å². The molecule has 3 nitrogen and oxygen atoms in total. The SMILES string of the molecule is CC(NC(=O)CCCc1nc2ccccc2s1)c1cccc(Br)c1. The molecular formula is C19H19BrN2OS. The van der Waals surface area contributed by atoms with Crippen LogP contribution in [0.15, 0.2) is 53.0 Å². The molecular weight excluding hydrogens is 384 g/mol. The fourth-order valence-corrected chi connectivity index (χ4v) is 4.03. The summed E-state index contributed by atoms with van der Waals surface area (Å²) in [4.78, 5) is 16.7. The lowest BCUT2D eigenvalue weighted by Crippen LogP contribution is -2.26. The Morgan fingerprint density at radius 2 is 2.08 bits per heavy atom. The molecule has 2 aromatic carbocycles. The molecule has 0 fully saturated rings. The van der Waals surface area contributed by atoms with Crippen LogP contribution >= 0.6 is 27.3 Å². The molecule has 0 aliphatic rings. The molecule has 0 aliphatic carbocycles. The van der Waals surface area contributed by atoms with Gasteiger partial charge in [0.2, 0.25) is 5.91 Å². The van der Waals surface area contributed by atoms with E-state index in [4.69, 9.17) is 0 Å². The van der Waals surface area contributed by atoms with Crippen LogP contribution in [0, 0.1) is 0 Å². The molecule has 0 saturated carbocycles. The molecule has 1 unspecified atom stereocenters. The highest BCUT2D eigenvalue weighted by Gasteiger charge is 2.10. The normalized spacial score (nSPS) is 12.2. The summed E-state index contributed by atoms with van der Waals surface area (Å²) in [7, 11) is 0. The zero-order chi connectivity index (χ0) is 16.9. The molecule has 124 valence electrons. The highest BCUT2D eigenvalue weighted by molar-refractivity contribution is 9.10. The van der Waals surface area contributed by atoms with Gasteiger partial charge in [-0.3, -0.25) is 4.79 Å². The van der Waals surface area contributed by atoms with Gasteiger partial charge in [0.05, 0.1) is 21.3 Å². The van der Waals surface area contributed by atoms with Crippen molar-refractivity contribution in [3.63, 3.8) is 0 Å². The third-order valence-corrected chi connectivity index (χ3v) is 5.45. The maximum absolute atomic E-state index is 12.1. The lowest BCUT2D eigenvalue weighted by Gasteiger charge is -2.14. The Labute approximate surface area is 154 Å². The standard InChI is InChI=1S/C19H19BrN2OS/c1-13(14-6-4-7-15(20)12-14)21-18(23)10-5-11-19-22-16-8-2-3-9-17(16)24-19/h2-4,6-9,12-13H,5,10-11H2,1H3,(H,21,23). The van der Waals surface area contributed by atoms with Crippen molar-refractivity contribution in [3.8, 4) is 0 Å². The topological polar surface area (TPSA) is 42.0 Å².